The van der Waals surface area contributed by atoms with Crippen molar-refractivity contribution in [3.63, 3.8) is 0 Å². The van der Waals surface area contributed by atoms with Gasteiger partial charge < -0.3 is 5.73 Å². The topological polar surface area (TPSA) is 60.2 Å². The summed E-state index contributed by atoms with van der Waals surface area (Å²) in [4.78, 5) is -0.268. The van der Waals surface area contributed by atoms with Crippen LogP contribution in [0.3, 0.4) is 0 Å². The molecule has 7 heteroatoms. The maximum atomic E-state index is 13.2. The van der Waals surface area contributed by atoms with E-state index in [0.29, 0.717) is 0 Å². The molecule has 2 aromatic rings. The number of sulfone groups is 1. The van der Waals surface area contributed by atoms with Crippen molar-refractivity contribution in [3.8, 4) is 0 Å². The average molecular weight is 318 g/mol. The molecule has 0 saturated heterocycles. The minimum atomic E-state index is -3.87. The zero-order valence-electron chi connectivity index (χ0n) is 10.1. The van der Waals surface area contributed by atoms with E-state index >= 15 is 0 Å². The third-order valence-electron chi connectivity index (χ3n) is 2.61. The summed E-state index contributed by atoms with van der Waals surface area (Å²) in [6, 6.07) is 6.43. The van der Waals surface area contributed by atoms with E-state index in [1.54, 1.807) is 0 Å². The second kappa shape index (κ2) is 5.38. The molecule has 0 atom stereocenters. The third-order valence-corrected chi connectivity index (χ3v) is 4.62. The van der Waals surface area contributed by atoms with Gasteiger partial charge in [0.1, 0.15) is 11.6 Å². The van der Waals surface area contributed by atoms with E-state index in [1.165, 1.54) is 6.07 Å². The molecule has 106 valence electrons. The number of rotatable bonds is 3. The van der Waals surface area contributed by atoms with Gasteiger partial charge in [-0.15, -0.1) is 0 Å². The molecule has 0 radical (unpaired) electrons. The summed E-state index contributed by atoms with van der Waals surface area (Å²) in [5, 5.41) is 0.124. The van der Waals surface area contributed by atoms with E-state index < -0.39 is 27.2 Å². The van der Waals surface area contributed by atoms with Crippen LogP contribution in [0.5, 0.6) is 0 Å². The molecule has 3 nitrogen and oxygen atoms in total. The third kappa shape index (κ3) is 3.26. The van der Waals surface area contributed by atoms with Crippen molar-refractivity contribution in [1.29, 1.82) is 0 Å². The summed E-state index contributed by atoms with van der Waals surface area (Å²) in [5.41, 5.74) is 5.51. The first kappa shape index (κ1) is 14.7. The molecular formula is C13H10ClF2NO2S. The highest BCUT2D eigenvalue weighted by Gasteiger charge is 2.19. The van der Waals surface area contributed by atoms with Crippen molar-refractivity contribution in [2.75, 3.05) is 5.73 Å². The smallest absolute Gasteiger partial charge is 0.182 e. The molecule has 0 fully saturated rings. The fraction of sp³-hybridized carbons (Fsp3) is 0.0769. The maximum Gasteiger partial charge on any atom is 0.182 e. The molecule has 0 aliphatic heterocycles. The highest BCUT2D eigenvalue weighted by molar-refractivity contribution is 7.90. The Bertz CT molecular complexity index is 743. The van der Waals surface area contributed by atoms with Gasteiger partial charge >= 0.3 is 0 Å². The first-order chi connectivity index (χ1) is 9.28. The summed E-state index contributed by atoms with van der Waals surface area (Å²) in [7, 11) is -3.87. The molecule has 0 aliphatic carbocycles. The van der Waals surface area contributed by atoms with Crippen molar-refractivity contribution in [1.82, 2.24) is 0 Å². The van der Waals surface area contributed by atoms with Crippen molar-refractivity contribution in [3.05, 3.63) is 58.6 Å². The van der Waals surface area contributed by atoms with Crippen molar-refractivity contribution in [2.45, 2.75) is 10.6 Å². The fourth-order valence-electron chi connectivity index (χ4n) is 1.71. The zero-order valence-corrected chi connectivity index (χ0v) is 11.7. The average Bonchev–Trinajstić information content (AvgIpc) is 2.32. The van der Waals surface area contributed by atoms with Gasteiger partial charge in [0.05, 0.1) is 10.6 Å². The van der Waals surface area contributed by atoms with Crippen molar-refractivity contribution >= 4 is 27.1 Å². The zero-order chi connectivity index (χ0) is 14.9. The van der Waals surface area contributed by atoms with Crippen LogP contribution in [0.25, 0.3) is 0 Å². The predicted octanol–water partition coefficient (Wildman–Crippen LogP) is 3.17. The van der Waals surface area contributed by atoms with Crippen LogP contribution in [-0.4, -0.2) is 8.42 Å². The molecule has 20 heavy (non-hydrogen) atoms. The van der Waals surface area contributed by atoms with Gasteiger partial charge in [-0.1, -0.05) is 11.6 Å². The molecule has 0 aromatic heterocycles. The Morgan fingerprint density at radius 3 is 2.40 bits per heavy atom. The summed E-state index contributed by atoms with van der Waals surface area (Å²) >= 11 is 5.82. The quantitative estimate of drug-likeness (QED) is 0.884. The second-order valence-corrected chi connectivity index (χ2v) is 6.61. The van der Waals surface area contributed by atoms with Gasteiger partial charge in [-0.3, -0.25) is 0 Å². The summed E-state index contributed by atoms with van der Waals surface area (Å²) in [6.07, 6.45) is 0. The van der Waals surface area contributed by atoms with E-state index in [2.05, 4.69) is 0 Å². The van der Waals surface area contributed by atoms with Gasteiger partial charge in [-0.25, -0.2) is 17.2 Å². The number of halogens is 3. The Balaban J connectivity index is 2.43. The molecule has 2 N–H and O–H groups in total. The Kier molecular flexibility index (Phi) is 3.96. The van der Waals surface area contributed by atoms with Crippen LogP contribution in [0.4, 0.5) is 14.5 Å². The van der Waals surface area contributed by atoms with Crippen LogP contribution in [0, 0.1) is 11.6 Å². The fourth-order valence-corrected chi connectivity index (χ4v) is 3.39. The lowest BCUT2D eigenvalue weighted by molar-refractivity contribution is 0.590. The van der Waals surface area contributed by atoms with E-state index in [-0.39, 0.29) is 21.2 Å². The summed E-state index contributed by atoms with van der Waals surface area (Å²) in [6.45, 7) is 0. The summed E-state index contributed by atoms with van der Waals surface area (Å²) in [5.74, 6) is -1.89. The number of hydrogen-bond acceptors (Lipinski definition) is 3. The Morgan fingerprint density at radius 1 is 1.05 bits per heavy atom. The first-order valence-corrected chi connectivity index (χ1v) is 7.54. The van der Waals surface area contributed by atoms with Crippen LogP contribution in [0.1, 0.15) is 5.56 Å². The van der Waals surface area contributed by atoms with E-state index in [9.17, 15) is 17.2 Å². The minimum absolute atomic E-state index is 0.00564. The molecule has 0 heterocycles. The SMILES string of the molecule is Nc1cc(F)cc(S(=O)(=O)Cc2cc(F)ccc2Cl)c1. The lowest BCUT2D eigenvalue weighted by Gasteiger charge is -2.08. The van der Waals surface area contributed by atoms with Crippen molar-refractivity contribution < 1.29 is 17.2 Å². The number of nitrogens with two attached hydrogens (primary N) is 1. The van der Waals surface area contributed by atoms with Gasteiger partial charge in [-0.05, 0) is 42.0 Å². The highest BCUT2D eigenvalue weighted by atomic mass is 35.5. The van der Waals surface area contributed by atoms with Crippen LogP contribution in [0.15, 0.2) is 41.3 Å². The normalized spacial score (nSPS) is 11.6. The molecule has 0 spiro atoms. The molecule has 0 saturated carbocycles. The standard InChI is InChI=1S/C13H10ClF2NO2S/c14-13-2-1-9(15)3-8(13)7-20(18,19)12-5-10(16)4-11(17)6-12/h1-6H,7,17H2. The van der Waals surface area contributed by atoms with E-state index in [1.807, 2.05) is 0 Å². The summed E-state index contributed by atoms with van der Waals surface area (Å²) < 4.78 is 50.7. The second-order valence-electron chi connectivity index (χ2n) is 4.22. The van der Waals surface area contributed by atoms with Crippen molar-refractivity contribution in [2.24, 2.45) is 0 Å². The number of benzene rings is 2. The predicted molar refractivity (Wildman–Crippen MR) is 73.1 cm³/mol. The van der Waals surface area contributed by atoms with Crippen LogP contribution in [0.2, 0.25) is 5.02 Å². The Morgan fingerprint density at radius 2 is 1.75 bits per heavy atom. The largest absolute Gasteiger partial charge is 0.399 e. The van der Waals surface area contributed by atoms with Crippen LogP contribution in [-0.2, 0) is 15.6 Å². The van der Waals surface area contributed by atoms with Gasteiger partial charge in [0.2, 0.25) is 0 Å². The molecule has 2 rings (SSSR count). The van der Waals surface area contributed by atoms with Gasteiger partial charge in [0, 0.05) is 10.7 Å². The Hall–Kier alpha value is -1.66. The minimum Gasteiger partial charge on any atom is -0.399 e. The van der Waals surface area contributed by atoms with Gasteiger partial charge in [0.15, 0.2) is 9.84 Å². The molecule has 0 bridgehead atoms. The Labute approximate surface area is 119 Å². The molecule has 0 aliphatic rings. The maximum absolute atomic E-state index is 13.2. The molecular weight excluding hydrogens is 308 g/mol. The number of anilines is 1. The van der Waals surface area contributed by atoms with Gasteiger partial charge in [0.25, 0.3) is 0 Å². The molecule has 2 aromatic carbocycles. The number of nitrogen functional groups attached to an aromatic ring is 1. The van der Waals surface area contributed by atoms with E-state index in [0.717, 1.165) is 30.3 Å². The van der Waals surface area contributed by atoms with Crippen LogP contribution >= 0.6 is 11.6 Å². The van der Waals surface area contributed by atoms with E-state index in [4.69, 9.17) is 17.3 Å². The lowest BCUT2D eigenvalue weighted by atomic mass is 10.2. The first-order valence-electron chi connectivity index (χ1n) is 5.51. The van der Waals surface area contributed by atoms with Gasteiger partial charge in [-0.2, -0.15) is 0 Å². The molecule has 0 unspecified atom stereocenters. The van der Waals surface area contributed by atoms with Crippen LogP contribution < -0.4 is 5.73 Å². The number of hydrogen-bond donors (Lipinski definition) is 1. The lowest BCUT2D eigenvalue weighted by Crippen LogP contribution is -2.07. The highest BCUT2D eigenvalue weighted by Crippen LogP contribution is 2.24. The molecule has 0 amide bonds. The monoisotopic (exact) mass is 317 g/mol.